The van der Waals surface area contributed by atoms with Crippen molar-refractivity contribution in [1.82, 2.24) is 5.32 Å². The molecule has 0 saturated heterocycles. The molecule has 0 radical (unpaired) electrons. The van der Waals surface area contributed by atoms with Crippen molar-refractivity contribution < 1.29 is 22.8 Å². The second kappa shape index (κ2) is 14.0. The molecule has 0 saturated carbocycles. The summed E-state index contributed by atoms with van der Waals surface area (Å²) in [7, 11) is -2.64. The molecule has 0 unspecified atom stereocenters. The van der Waals surface area contributed by atoms with E-state index in [2.05, 4.69) is 26.1 Å². The van der Waals surface area contributed by atoms with Gasteiger partial charge in [-0.05, 0) is 32.6 Å². The monoisotopic (exact) mass is 335 g/mol. The Morgan fingerprint density at radius 2 is 1.41 bits per heavy atom. The molecule has 22 heavy (non-hydrogen) atoms. The molecule has 0 spiro atoms. The number of rotatable bonds is 14. The molecular formula is C15H33NO5Si. The fourth-order valence-electron chi connectivity index (χ4n) is 1.79. The Hall–Kier alpha value is -0.633. The largest absolute Gasteiger partial charge is 0.501 e. The number of carbonyl (C=O) groups excluding carboxylic acids is 1. The first-order valence-corrected chi connectivity index (χ1v) is 10.4. The standard InChI is InChI=1S/C15H33NO5Si/c1-5-11-19-22(20-12-6-2,21-13-7-3)14-9-10-16-15(17)18-8-4/h5-14H2,1-4H3,(H,16,17). The minimum atomic E-state index is -2.64. The number of carbonyl (C=O) groups is 1. The van der Waals surface area contributed by atoms with Crippen LogP contribution in [0.3, 0.4) is 0 Å². The molecule has 0 aromatic rings. The first-order valence-electron chi connectivity index (χ1n) is 8.46. The number of hydrogen-bond donors (Lipinski definition) is 1. The maximum atomic E-state index is 11.3. The topological polar surface area (TPSA) is 66.0 Å². The van der Waals surface area contributed by atoms with E-state index >= 15 is 0 Å². The van der Waals surface area contributed by atoms with Gasteiger partial charge in [-0.15, -0.1) is 0 Å². The van der Waals surface area contributed by atoms with Crippen LogP contribution in [0.15, 0.2) is 0 Å². The zero-order valence-corrected chi connectivity index (χ0v) is 15.6. The highest BCUT2D eigenvalue weighted by Gasteiger charge is 2.40. The van der Waals surface area contributed by atoms with E-state index in [4.69, 9.17) is 18.0 Å². The zero-order valence-electron chi connectivity index (χ0n) is 14.6. The molecule has 132 valence electrons. The lowest BCUT2D eigenvalue weighted by molar-refractivity contribution is 0.0587. The van der Waals surface area contributed by atoms with E-state index in [0.29, 0.717) is 39.0 Å². The molecule has 0 fully saturated rings. The molecule has 0 rings (SSSR count). The fraction of sp³-hybridized carbons (Fsp3) is 0.933. The Labute approximate surface area is 136 Å². The molecule has 0 aliphatic rings. The predicted octanol–water partition coefficient (Wildman–Crippen LogP) is 3.34. The second-order valence-corrected chi connectivity index (χ2v) is 7.71. The summed E-state index contributed by atoms with van der Waals surface area (Å²) in [6.45, 7) is 10.8. The van der Waals surface area contributed by atoms with Crippen LogP contribution in [-0.2, 0) is 18.0 Å². The van der Waals surface area contributed by atoms with Crippen LogP contribution in [0, 0.1) is 0 Å². The summed E-state index contributed by atoms with van der Waals surface area (Å²) in [6.07, 6.45) is 3.16. The highest BCUT2D eigenvalue weighted by atomic mass is 28.4. The Balaban J connectivity index is 4.41. The maximum absolute atomic E-state index is 11.3. The molecule has 0 bridgehead atoms. The Morgan fingerprint density at radius 1 is 0.909 bits per heavy atom. The fourth-order valence-corrected chi connectivity index (χ4v) is 4.63. The van der Waals surface area contributed by atoms with Crippen LogP contribution in [-0.4, -0.2) is 47.9 Å². The second-order valence-electron chi connectivity index (χ2n) is 4.98. The summed E-state index contributed by atoms with van der Waals surface area (Å²) in [5, 5.41) is 2.72. The van der Waals surface area contributed by atoms with Gasteiger partial charge < -0.3 is 23.3 Å². The minimum absolute atomic E-state index is 0.378. The van der Waals surface area contributed by atoms with Crippen molar-refractivity contribution >= 4 is 14.9 Å². The lowest BCUT2D eigenvalue weighted by Crippen LogP contribution is -2.47. The third-order valence-electron chi connectivity index (χ3n) is 2.78. The van der Waals surface area contributed by atoms with Crippen molar-refractivity contribution in [3.8, 4) is 0 Å². The zero-order chi connectivity index (χ0) is 16.7. The van der Waals surface area contributed by atoms with Gasteiger partial charge in [-0.1, -0.05) is 20.8 Å². The van der Waals surface area contributed by atoms with Crippen LogP contribution in [0.1, 0.15) is 53.4 Å². The molecule has 0 heterocycles. The van der Waals surface area contributed by atoms with Gasteiger partial charge in [0.2, 0.25) is 0 Å². The van der Waals surface area contributed by atoms with Crippen molar-refractivity contribution in [2.75, 3.05) is 33.0 Å². The van der Waals surface area contributed by atoms with E-state index in [0.717, 1.165) is 25.7 Å². The van der Waals surface area contributed by atoms with E-state index < -0.39 is 8.80 Å². The van der Waals surface area contributed by atoms with E-state index in [-0.39, 0.29) is 6.09 Å². The summed E-state index contributed by atoms with van der Waals surface area (Å²) in [4.78, 5) is 11.3. The van der Waals surface area contributed by atoms with Gasteiger partial charge in [0, 0.05) is 32.4 Å². The van der Waals surface area contributed by atoms with Crippen LogP contribution < -0.4 is 5.32 Å². The normalized spacial score (nSPS) is 11.5. The van der Waals surface area contributed by atoms with Crippen LogP contribution in [0.25, 0.3) is 0 Å². The third-order valence-corrected chi connectivity index (χ3v) is 5.68. The Bertz CT molecular complexity index is 257. The molecule has 1 N–H and O–H groups in total. The summed E-state index contributed by atoms with van der Waals surface area (Å²) < 4.78 is 22.8. The van der Waals surface area contributed by atoms with Crippen molar-refractivity contribution in [2.45, 2.75) is 59.4 Å². The molecule has 0 aliphatic heterocycles. The van der Waals surface area contributed by atoms with Crippen LogP contribution in [0.5, 0.6) is 0 Å². The smallest absolute Gasteiger partial charge is 0.450 e. The van der Waals surface area contributed by atoms with Gasteiger partial charge in [0.25, 0.3) is 0 Å². The molecule has 0 aromatic carbocycles. The quantitative estimate of drug-likeness (QED) is 0.389. The molecular weight excluding hydrogens is 302 g/mol. The van der Waals surface area contributed by atoms with Crippen molar-refractivity contribution in [2.24, 2.45) is 0 Å². The molecule has 0 atom stereocenters. The molecule has 0 aromatic heterocycles. The number of hydrogen-bond acceptors (Lipinski definition) is 5. The maximum Gasteiger partial charge on any atom is 0.501 e. The van der Waals surface area contributed by atoms with Gasteiger partial charge in [0.15, 0.2) is 0 Å². The lowest BCUT2D eigenvalue weighted by atomic mass is 10.5. The van der Waals surface area contributed by atoms with Crippen molar-refractivity contribution in [1.29, 1.82) is 0 Å². The molecule has 7 heteroatoms. The summed E-state index contributed by atoms with van der Waals surface area (Å²) in [5.74, 6) is 0. The number of ether oxygens (including phenoxy) is 1. The van der Waals surface area contributed by atoms with E-state index in [1.807, 2.05) is 0 Å². The van der Waals surface area contributed by atoms with Crippen LogP contribution in [0.4, 0.5) is 4.79 Å². The van der Waals surface area contributed by atoms with E-state index in [1.54, 1.807) is 6.92 Å². The first kappa shape index (κ1) is 21.4. The lowest BCUT2D eigenvalue weighted by Gasteiger charge is -2.29. The average molecular weight is 336 g/mol. The first-order chi connectivity index (χ1) is 10.6. The number of amides is 1. The minimum Gasteiger partial charge on any atom is -0.450 e. The van der Waals surface area contributed by atoms with Gasteiger partial charge in [0.05, 0.1) is 6.61 Å². The van der Waals surface area contributed by atoms with E-state index in [1.165, 1.54) is 0 Å². The van der Waals surface area contributed by atoms with Gasteiger partial charge in [-0.3, -0.25) is 0 Å². The van der Waals surface area contributed by atoms with Gasteiger partial charge in [0.1, 0.15) is 0 Å². The van der Waals surface area contributed by atoms with Gasteiger partial charge in [-0.25, -0.2) is 4.79 Å². The summed E-state index contributed by atoms with van der Waals surface area (Å²) in [6, 6.07) is 0.708. The highest BCUT2D eigenvalue weighted by Crippen LogP contribution is 2.19. The predicted molar refractivity (Wildman–Crippen MR) is 88.9 cm³/mol. The highest BCUT2D eigenvalue weighted by molar-refractivity contribution is 6.60. The van der Waals surface area contributed by atoms with Crippen LogP contribution >= 0.6 is 0 Å². The number of alkyl carbamates (subject to hydrolysis) is 1. The summed E-state index contributed by atoms with van der Waals surface area (Å²) >= 11 is 0. The molecule has 0 aliphatic carbocycles. The van der Waals surface area contributed by atoms with Gasteiger partial charge >= 0.3 is 14.9 Å². The third kappa shape index (κ3) is 10.2. The molecule has 6 nitrogen and oxygen atoms in total. The molecule has 1 amide bonds. The van der Waals surface area contributed by atoms with Crippen LogP contribution in [0.2, 0.25) is 6.04 Å². The van der Waals surface area contributed by atoms with Crippen molar-refractivity contribution in [3.63, 3.8) is 0 Å². The number of nitrogens with one attached hydrogen (secondary N) is 1. The van der Waals surface area contributed by atoms with E-state index in [9.17, 15) is 4.79 Å². The van der Waals surface area contributed by atoms with Gasteiger partial charge in [-0.2, -0.15) is 0 Å². The SMILES string of the molecule is CCCO[Si](CCCNC(=O)OCC)(OCCC)OCCC. The van der Waals surface area contributed by atoms with Crippen molar-refractivity contribution in [3.05, 3.63) is 0 Å². The average Bonchev–Trinajstić information content (AvgIpc) is 2.52. The Morgan fingerprint density at radius 3 is 1.82 bits per heavy atom. The summed E-state index contributed by atoms with van der Waals surface area (Å²) in [5.41, 5.74) is 0. The Kier molecular flexibility index (Phi) is 13.6.